The maximum atomic E-state index is 11.3. The van der Waals surface area contributed by atoms with Gasteiger partial charge < -0.3 is 15.7 Å². The molecule has 0 aliphatic heterocycles. The number of nitrogens with two attached hydrogens (primary N) is 1. The molecule has 0 spiro atoms. The first kappa shape index (κ1) is 14.4. The van der Waals surface area contributed by atoms with E-state index in [9.17, 15) is 9.90 Å². The summed E-state index contributed by atoms with van der Waals surface area (Å²) in [6.07, 6.45) is 0. The molecule has 106 valence electrons. The Kier molecular flexibility index (Phi) is 4.10. The summed E-state index contributed by atoms with van der Waals surface area (Å²) < 4.78 is 0. The van der Waals surface area contributed by atoms with Crippen molar-refractivity contribution in [2.24, 2.45) is 0 Å². The molecular formula is C16H15N3O2. The first-order valence-electron chi connectivity index (χ1n) is 6.35. The van der Waals surface area contributed by atoms with Crippen molar-refractivity contribution in [3.8, 4) is 6.07 Å². The molecule has 0 aliphatic rings. The average Bonchev–Trinajstić information content (AvgIpc) is 2.47. The number of nitrogens with zero attached hydrogens (tertiary/aromatic N) is 2. The molecule has 0 amide bonds. The number of nitrogen functional groups attached to an aromatic ring is 1. The highest BCUT2D eigenvalue weighted by Gasteiger charge is 2.15. The van der Waals surface area contributed by atoms with Crippen molar-refractivity contribution in [2.75, 3.05) is 17.7 Å². The first-order chi connectivity index (χ1) is 10.0. The van der Waals surface area contributed by atoms with Crippen LogP contribution in [0.2, 0.25) is 0 Å². The fourth-order valence-corrected chi connectivity index (χ4v) is 2.15. The maximum Gasteiger partial charge on any atom is 0.338 e. The van der Waals surface area contributed by atoms with E-state index in [1.54, 1.807) is 30.3 Å². The number of benzene rings is 2. The van der Waals surface area contributed by atoms with E-state index in [0.29, 0.717) is 17.7 Å². The summed E-state index contributed by atoms with van der Waals surface area (Å²) in [7, 11) is 1.86. The minimum Gasteiger partial charge on any atom is -0.478 e. The lowest BCUT2D eigenvalue weighted by atomic mass is 10.0. The SMILES string of the molecule is CN(Cc1cccc(N)c1C(=O)O)c1ccc(C#N)cc1. The second kappa shape index (κ2) is 5.97. The second-order valence-electron chi connectivity index (χ2n) is 4.70. The monoisotopic (exact) mass is 281 g/mol. The topological polar surface area (TPSA) is 90.3 Å². The molecule has 0 radical (unpaired) electrons. The number of aromatic carboxylic acids is 1. The molecule has 0 aromatic heterocycles. The Balaban J connectivity index is 2.27. The van der Waals surface area contributed by atoms with Gasteiger partial charge in [0.25, 0.3) is 0 Å². The molecule has 0 aliphatic carbocycles. The Labute approximate surface area is 122 Å². The van der Waals surface area contributed by atoms with Gasteiger partial charge in [-0.3, -0.25) is 0 Å². The van der Waals surface area contributed by atoms with Crippen molar-refractivity contribution in [3.05, 3.63) is 59.2 Å². The molecule has 0 heterocycles. The molecule has 0 atom stereocenters. The van der Waals surface area contributed by atoms with Crippen molar-refractivity contribution < 1.29 is 9.90 Å². The second-order valence-corrected chi connectivity index (χ2v) is 4.70. The molecule has 2 aromatic carbocycles. The highest BCUT2D eigenvalue weighted by Crippen LogP contribution is 2.21. The van der Waals surface area contributed by atoms with E-state index in [1.165, 1.54) is 0 Å². The third kappa shape index (κ3) is 3.12. The van der Waals surface area contributed by atoms with Gasteiger partial charge in [-0.25, -0.2) is 4.79 Å². The molecule has 3 N–H and O–H groups in total. The number of carbonyl (C=O) groups is 1. The smallest absolute Gasteiger partial charge is 0.338 e. The number of anilines is 2. The predicted molar refractivity (Wildman–Crippen MR) is 81.1 cm³/mol. The Hall–Kier alpha value is -3.00. The van der Waals surface area contributed by atoms with Crippen LogP contribution in [0.5, 0.6) is 0 Å². The normalized spacial score (nSPS) is 9.90. The van der Waals surface area contributed by atoms with Crippen molar-refractivity contribution in [1.29, 1.82) is 5.26 Å². The van der Waals surface area contributed by atoms with Crippen LogP contribution in [0.25, 0.3) is 0 Å². The van der Waals surface area contributed by atoms with E-state index in [-0.39, 0.29) is 11.3 Å². The van der Waals surface area contributed by atoms with Crippen molar-refractivity contribution in [1.82, 2.24) is 0 Å². The number of hydrogen-bond acceptors (Lipinski definition) is 4. The van der Waals surface area contributed by atoms with Gasteiger partial charge in [0.2, 0.25) is 0 Å². The largest absolute Gasteiger partial charge is 0.478 e. The van der Waals surface area contributed by atoms with Crippen LogP contribution in [0.4, 0.5) is 11.4 Å². The zero-order chi connectivity index (χ0) is 15.4. The van der Waals surface area contributed by atoms with Gasteiger partial charge in [-0.15, -0.1) is 0 Å². The fourth-order valence-electron chi connectivity index (χ4n) is 2.15. The van der Waals surface area contributed by atoms with Gasteiger partial charge in [0.15, 0.2) is 0 Å². The van der Waals surface area contributed by atoms with E-state index in [1.807, 2.05) is 24.1 Å². The Morgan fingerprint density at radius 3 is 2.52 bits per heavy atom. The lowest BCUT2D eigenvalue weighted by molar-refractivity contribution is 0.0697. The molecule has 0 bridgehead atoms. The number of carboxylic acids is 1. The van der Waals surface area contributed by atoms with E-state index in [4.69, 9.17) is 11.0 Å². The zero-order valence-corrected chi connectivity index (χ0v) is 11.6. The van der Waals surface area contributed by atoms with Crippen LogP contribution in [0, 0.1) is 11.3 Å². The van der Waals surface area contributed by atoms with Crippen molar-refractivity contribution >= 4 is 17.3 Å². The predicted octanol–water partition coefficient (Wildman–Crippen LogP) is 2.48. The molecule has 2 rings (SSSR count). The number of rotatable bonds is 4. The highest BCUT2D eigenvalue weighted by molar-refractivity contribution is 5.95. The average molecular weight is 281 g/mol. The molecule has 0 fully saturated rings. The van der Waals surface area contributed by atoms with E-state index >= 15 is 0 Å². The van der Waals surface area contributed by atoms with Crippen LogP contribution in [0.15, 0.2) is 42.5 Å². The van der Waals surface area contributed by atoms with Gasteiger partial charge in [-0.1, -0.05) is 12.1 Å². The number of hydrogen-bond donors (Lipinski definition) is 2. The standard InChI is InChI=1S/C16H15N3O2/c1-19(13-7-5-11(9-17)6-8-13)10-12-3-2-4-14(18)15(12)16(20)21/h2-8H,10,18H2,1H3,(H,20,21). The lowest BCUT2D eigenvalue weighted by Gasteiger charge is -2.21. The molecule has 5 heteroatoms. The van der Waals surface area contributed by atoms with Crippen LogP contribution in [0.3, 0.4) is 0 Å². The molecule has 5 nitrogen and oxygen atoms in total. The number of nitriles is 1. The summed E-state index contributed by atoms with van der Waals surface area (Å²) in [5, 5.41) is 18.1. The Morgan fingerprint density at radius 2 is 1.95 bits per heavy atom. The van der Waals surface area contributed by atoms with Gasteiger partial charge >= 0.3 is 5.97 Å². The van der Waals surface area contributed by atoms with Crippen molar-refractivity contribution in [2.45, 2.75) is 6.54 Å². The summed E-state index contributed by atoms with van der Waals surface area (Å²) in [6, 6.07) is 14.2. The van der Waals surface area contributed by atoms with E-state index < -0.39 is 5.97 Å². The number of carboxylic acid groups (broad SMARTS) is 1. The van der Waals surface area contributed by atoms with Gasteiger partial charge in [0, 0.05) is 25.0 Å². The van der Waals surface area contributed by atoms with E-state index in [0.717, 1.165) is 5.69 Å². The lowest BCUT2D eigenvalue weighted by Crippen LogP contribution is -2.19. The summed E-state index contributed by atoms with van der Waals surface area (Å²) in [6.45, 7) is 0.415. The van der Waals surface area contributed by atoms with Crippen LogP contribution >= 0.6 is 0 Å². The summed E-state index contributed by atoms with van der Waals surface area (Å²) >= 11 is 0. The van der Waals surface area contributed by atoms with Crippen LogP contribution in [-0.2, 0) is 6.54 Å². The van der Waals surface area contributed by atoms with Gasteiger partial charge in [-0.2, -0.15) is 5.26 Å². The molecular weight excluding hydrogens is 266 g/mol. The minimum absolute atomic E-state index is 0.137. The highest BCUT2D eigenvalue weighted by atomic mass is 16.4. The molecule has 0 saturated heterocycles. The molecule has 0 saturated carbocycles. The minimum atomic E-state index is -1.03. The third-order valence-corrected chi connectivity index (χ3v) is 3.24. The molecule has 21 heavy (non-hydrogen) atoms. The van der Waals surface area contributed by atoms with Gasteiger partial charge in [0.1, 0.15) is 0 Å². The first-order valence-corrected chi connectivity index (χ1v) is 6.35. The third-order valence-electron chi connectivity index (χ3n) is 3.24. The van der Waals surface area contributed by atoms with Crippen LogP contribution < -0.4 is 10.6 Å². The van der Waals surface area contributed by atoms with E-state index in [2.05, 4.69) is 6.07 Å². The molecule has 0 unspecified atom stereocenters. The Bertz CT molecular complexity index is 702. The summed E-state index contributed by atoms with van der Waals surface area (Å²) in [4.78, 5) is 13.2. The quantitative estimate of drug-likeness (QED) is 0.840. The summed E-state index contributed by atoms with van der Waals surface area (Å²) in [5.41, 5.74) is 8.26. The van der Waals surface area contributed by atoms with Gasteiger partial charge in [-0.05, 0) is 35.9 Å². The maximum absolute atomic E-state index is 11.3. The Morgan fingerprint density at radius 1 is 1.29 bits per heavy atom. The fraction of sp³-hybridized carbons (Fsp3) is 0.125. The van der Waals surface area contributed by atoms with Gasteiger partial charge in [0.05, 0.1) is 17.2 Å². The summed E-state index contributed by atoms with van der Waals surface area (Å²) in [5.74, 6) is -1.03. The zero-order valence-electron chi connectivity index (χ0n) is 11.6. The van der Waals surface area contributed by atoms with Crippen molar-refractivity contribution in [3.63, 3.8) is 0 Å². The van der Waals surface area contributed by atoms with Crippen LogP contribution in [0.1, 0.15) is 21.5 Å². The molecule has 2 aromatic rings. The van der Waals surface area contributed by atoms with Crippen LogP contribution in [-0.4, -0.2) is 18.1 Å².